The molecule has 1 saturated heterocycles. The van der Waals surface area contributed by atoms with Gasteiger partial charge in [-0.25, -0.2) is 4.79 Å². The van der Waals surface area contributed by atoms with E-state index in [0.717, 1.165) is 38.3 Å². The number of piperidine rings is 1. The summed E-state index contributed by atoms with van der Waals surface area (Å²) in [4.78, 5) is 19.0. The van der Waals surface area contributed by atoms with Gasteiger partial charge in [-0.2, -0.15) is 0 Å². The molecular formula is C17H29N5OS. The number of aliphatic imine (C=N–C) groups is 1. The second-order valence-corrected chi connectivity index (χ2v) is 7.38. The van der Waals surface area contributed by atoms with Crippen molar-refractivity contribution in [2.45, 2.75) is 39.2 Å². The molecular weight excluding hydrogens is 322 g/mol. The molecule has 2 rings (SSSR count). The molecule has 0 radical (unpaired) electrons. The Morgan fingerprint density at radius 3 is 2.83 bits per heavy atom. The maximum Gasteiger partial charge on any atom is 0.314 e. The largest absolute Gasteiger partial charge is 0.357 e. The molecule has 1 aromatic heterocycles. The number of amides is 2. The standard InChI is InChI=1S/C17H29N5OS/c1-3-19-17(20-12-13(2)11-15-5-4-10-24-15)21-14-6-8-22(9-7-14)16(18)23/h4-5,10,13-14H,3,6-9,11-12H2,1-2H3,(H2,18,23)(H2,19,20,21). The lowest BCUT2D eigenvalue weighted by Crippen LogP contribution is -2.50. The van der Waals surface area contributed by atoms with Gasteiger partial charge in [-0.15, -0.1) is 11.3 Å². The van der Waals surface area contributed by atoms with Crippen LogP contribution in [-0.4, -0.2) is 49.1 Å². The van der Waals surface area contributed by atoms with Crippen LogP contribution >= 0.6 is 11.3 Å². The Kier molecular flexibility index (Phi) is 7.36. The zero-order valence-corrected chi connectivity index (χ0v) is 15.4. The maximum absolute atomic E-state index is 11.2. The monoisotopic (exact) mass is 351 g/mol. The van der Waals surface area contributed by atoms with Crippen molar-refractivity contribution in [2.24, 2.45) is 16.6 Å². The number of nitrogens with two attached hydrogens (primary N) is 1. The van der Waals surface area contributed by atoms with E-state index in [1.165, 1.54) is 4.88 Å². The number of hydrogen-bond donors (Lipinski definition) is 3. The van der Waals surface area contributed by atoms with Crippen molar-refractivity contribution in [3.8, 4) is 0 Å². The molecule has 1 aliphatic rings. The Morgan fingerprint density at radius 2 is 2.25 bits per heavy atom. The van der Waals surface area contributed by atoms with Crippen LogP contribution in [0.5, 0.6) is 0 Å². The number of nitrogens with zero attached hydrogens (tertiary/aromatic N) is 2. The number of guanidine groups is 1. The summed E-state index contributed by atoms with van der Waals surface area (Å²) in [5, 5.41) is 8.93. The number of hydrogen-bond acceptors (Lipinski definition) is 3. The molecule has 0 bridgehead atoms. The van der Waals surface area contributed by atoms with E-state index in [1.54, 1.807) is 16.2 Å². The van der Waals surface area contributed by atoms with E-state index in [9.17, 15) is 4.79 Å². The molecule has 0 aliphatic carbocycles. The van der Waals surface area contributed by atoms with Crippen molar-refractivity contribution in [1.29, 1.82) is 0 Å². The summed E-state index contributed by atoms with van der Waals surface area (Å²) in [6.45, 7) is 7.36. The Hall–Kier alpha value is -1.76. The zero-order valence-electron chi connectivity index (χ0n) is 14.6. The van der Waals surface area contributed by atoms with Gasteiger partial charge in [-0.1, -0.05) is 13.0 Å². The van der Waals surface area contributed by atoms with Crippen LogP contribution in [0.2, 0.25) is 0 Å². The van der Waals surface area contributed by atoms with Crippen LogP contribution in [0.15, 0.2) is 22.5 Å². The van der Waals surface area contributed by atoms with E-state index in [2.05, 4.69) is 42.0 Å². The Labute approximate surface area is 148 Å². The first kappa shape index (κ1) is 18.6. The van der Waals surface area contributed by atoms with Gasteiger partial charge in [0.05, 0.1) is 0 Å². The summed E-state index contributed by atoms with van der Waals surface area (Å²) in [7, 11) is 0. The van der Waals surface area contributed by atoms with Crippen LogP contribution in [0.4, 0.5) is 4.79 Å². The number of likely N-dealkylation sites (tertiary alicyclic amines) is 1. The van der Waals surface area contributed by atoms with Gasteiger partial charge < -0.3 is 21.3 Å². The normalized spacial score (nSPS) is 17.6. The summed E-state index contributed by atoms with van der Waals surface area (Å²) in [6, 6.07) is 4.29. The Balaban J connectivity index is 1.81. The highest BCUT2D eigenvalue weighted by atomic mass is 32.1. The average Bonchev–Trinajstić information content (AvgIpc) is 3.06. The molecule has 0 aromatic carbocycles. The molecule has 6 nitrogen and oxygen atoms in total. The van der Waals surface area contributed by atoms with Gasteiger partial charge in [-0.05, 0) is 43.6 Å². The molecule has 1 aromatic rings. The molecule has 4 N–H and O–H groups in total. The summed E-state index contributed by atoms with van der Waals surface area (Å²) in [5.41, 5.74) is 5.33. The molecule has 0 spiro atoms. The van der Waals surface area contributed by atoms with Crippen molar-refractivity contribution in [3.63, 3.8) is 0 Å². The van der Waals surface area contributed by atoms with Crippen molar-refractivity contribution in [2.75, 3.05) is 26.2 Å². The SMILES string of the molecule is CCNC(=NCC(C)Cc1cccs1)NC1CCN(C(N)=O)CC1. The number of primary amides is 1. The fraction of sp³-hybridized carbons (Fsp3) is 0.647. The van der Waals surface area contributed by atoms with E-state index in [1.807, 2.05) is 0 Å². The Bertz CT molecular complexity index is 523. The first-order chi connectivity index (χ1) is 11.6. The third-order valence-corrected chi connectivity index (χ3v) is 5.08. The fourth-order valence-electron chi connectivity index (χ4n) is 2.84. The third kappa shape index (κ3) is 6.03. The quantitative estimate of drug-likeness (QED) is 0.542. The van der Waals surface area contributed by atoms with Gasteiger partial charge in [0.25, 0.3) is 0 Å². The molecule has 1 aliphatic heterocycles. The first-order valence-electron chi connectivity index (χ1n) is 8.70. The van der Waals surface area contributed by atoms with Crippen LogP contribution < -0.4 is 16.4 Å². The molecule has 134 valence electrons. The molecule has 2 amide bonds. The van der Waals surface area contributed by atoms with E-state index in [4.69, 9.17) is 10.7 Å². The molecule has 1 atom stereocenters. The van der Waals surface area contributed by atoms with Gasteiger partial charge in [-0.3, -0.25) is 4.99 Å². The minimum absolute atomic E-state index is 0.323. The van der Waals surface area contributed by atoms with Gasteiger partial charge >= 0.3 is 6.03 Å². The number of nitrogens with one attached hydrogen (secondary N) is 2. The highest BCUT2D eigenvalue weighted by Gasteiger charge is 2.21. The van der Waals surface area contributed by atoms with Crippen molar-refractivity contribution in [1.82, 2.24) is 15.5 Å². The second-order valence-electron chi connectivity index (χ2n) is 6.35. The zero-order chi connectivity index (χ0) is 17.4. The molecule has 1 unspecified atom stereocenters. The lowest BCUT2D eigenvalue weighted by molar-refractivity contribution is 0.188. The van der Waals surface area contributed by atoms with E-state index in [-0.39, 0.29) is 6.03 Å². The van der Waals surface area contributed by atoms with Crippen LogP contribution in [0.25, 0.3) is 0 Å². The van der Waals surface area contributed by atoms with Crippen LogP contribution in [0, 0.1) is 5.92 Å². The summed E-state index contributed by atoms with van der Waals surface area (Å²) in [5.74, 6) is 1.38. The fourth-order valence-corrected chi connectivity index (χ4v) is 3.71. The average molecular weight is 352 g/mol. The molecule has 0 saturated carbocycles. The smallest absolute Gasteiger partial charge is 0.314 e. The van der Waals surface area contributed by atoms with Gasteiger partial charge in [0, 0.05) is 37.1 Å². The highest BCUT2D eigenvalue weighted by Crippen LogP contribution is 2.14. The minimum atomic E-state index is -0.323. The minimum Gasteiger partial charge on any atom is -0.357 e. The number of carbonyl (C=O) groups excluding carboxylic acids is 1. The van der Waals surface area contributed by atoms with E-state index in [0.29, 0.717) is 25.0 Å². The second kappa shape index (κ2) is 9.52. The predicted octanol–water partition coefficient (Wildman–Crippen LogP) is 2.02. The number of thiophene rings is 1. The summed E-state index contributed by atoms with van der Waals surface area (Å²) in [6.07, 6.45) is 2.87. The molecule has 24 heavy (non-hydrogen) atoms. The van der Waals surface area contributed by atoms with Crippen molar-refractivity contribution >= 4 is 23.3 Å². The summed E-state index contributed by atoms with van der Waals surface area (Å²) < 4.78 is 0. The Morgan fingerprint density at radius 1 is 1.50 bits per heavy atom. The van der Waals surface area contributed by atoms with Gasteiger partial charge in [0.15, 0.2) is 5.96 Å². The summed E-state index contributed by atoms with van der Waals surface area (Å²) >= 11 is 1.80. The number of rotatable bonds is 6. The first-order valence-corrected chi connectivity index (χ1v) is 9.58. The van der Waals surface area contributed by atoms with E-state index >= 15 is 0 Å². The number of carbonyl (C=O) groups is 1. The van der Waals surface area contributed by atoms with Crippen LogP contribution in [0.3, 0.4) is 0 Å². The molecule has 7 heteroatoms. The van der Waals surface area contributed by atoms with Gasteiger partial charge in [0.1, 0.15) is 0 Å². The molecule has 2 heterocycles. The number of urea groups is 1. The van der Waals surface area contributed by atoms with Crippen LogP contribution in [-0.2, 0) is 6.42 Å². The third-order valence-electron chi connectivity index (χ3n) is 4.18. The highest BCUT2D eigenvalue weighted by molar-refractivity contribution is 7.09. The topological polar surface area (TPSA) is 82.8 Å². The predicted molar refractivity (Wildman–Crippen MR) is 100 cm³/mol. The molecule has 1 fully saturated rings. The maximum atomic E-state index is 11.2. The van der Waals surface area contributed by atoms with Crippen molar-refractivity contribution < 1.29 is 4.79 Å². The van der Waals surface area contributed by atoms with E-state index < -0.39 is 0 Å². The van der Waals surface area contributed by atoms with Gasteiger partial charge in [0.2, 0.25) is 0 Å². The van der Waals surface area contributed by atoms with Crippen LogP contribution in [0.1, 0.15) is 31.6 Å². The lowest BCUT2D eigenvalue weighted by Gasteiger charge is -2.32. The lowest BCUT2D eigenvalue weighted by atomic mass is 10.1. The van der Waals surface area contributed by atoms with Crippen molar-refractivity contribution in [3.05, 3.63) is 22.4 Å².